The van der Waals surface area contributed by atoms with Gasteiger partial charge in [0.05, 0.1) is 15.7 Å². The predicted octanol–water partition coefficient (Wildman–Crippen LogP) is 0.684. The van der Waals surface area contributed by atoms with Gasteiger partial charge in [-0.25, -0.2) is 9.69 Å². The van der Waals surface area contributed by atoms with Gasteiger partial charge in [0.1, 0.15) is 6.54 Å². The van der Waals surface area contributed by atoms with Crippen molar-refractivity contribution in [1.29, 1.82) is 0 Å². The van der Waals surface area contributed by atoms with Crippen LogP contribution in [0, 0.1) is 0 Å². The number of halogens is 1. The molecule has 0 aliphatic carbocycles. The Labute approximate surface area is 135 Å². The molecule has 1 aliphatic heterocycles. The van der Waals surface area contributed by atoms with E-state index in [4.69, 9.17) is 0 Å². The summed E-state index contributed by atoms with van der Waals surface area (Å²) < 4.78 is 1.04. The molecule has 1 fully saturated rings. The summed E-state index contributed by atoms with van der Waals surface area (Å²) in [7, 11) is 1.89. The molecule has 21 heavy (non-hydrogen) atoms. The average Bonchev–Trinajstić information content (AvgIpc) is 2.91. The van der Waals surface area contributed by atoms with E-state index in [-0.39, 0.29) is 13.2 Å². The normalized spacial score (nSPS) is 17.0. The molecule has 1 unspecified atom stereocenters. The number of amides is 4. The van der Waals surface area contributed by atoms with Crippen LogP contribution < -0.4 is 4.90 Å². The Balaban J connectivity index is 2.00. The Hall–Kier alpha value is -1.25. The fraction of sp³-hybridized carbons (Fsp3) is 0.462. The van der Waals surface area contributed by atoms with E-state index < -0.39 is 17.8 Å². The molecule has 0 aromatic carbocycles. The van der Waals surface area contributed by atoms with Crippen molar-refractivity contribution in [3.05, 3.63) is 20.8 Å². The van der Waals surface area contributed by atoms with Crippen molar-refractivity contribution in [2.24, 2.45) is 0 Å². The fourth-order valence-corrected chi connectivity index (χ4v) is 3.78. The van der Waals surface area contributed by atoms with Crippen molar-refractivity contribution in [1.82, 2.24) is 9.80 Å². The highest BCUT2D eigenvalue weighted by molar-refractivity contribution is 9.11. The van der Waals surface area contributed by atoms with E-state index >= 15 is 0 Å². The number of imide groups is 2. The Bertz CT molecular complexity index is 575. The lowest BCUT2D eigenvalue weighted by Gasteiger charge is -2.19. The maximum Gasteiger partial charge on any atom is 0.338 e. The van der Waals surface area contributed by atoms with Crippen LogP contribution in [0.15, 0.2) is 15.9 Å². The molecule has 4 amide bonds. The minimum absolute atomic E-state index is 0.194. The Kier molecular flexibility index (Phi) is 5.13. The molecule has 0 bridgehead atoms. The first-order chi connectivity index (χ1) is 9.93. The molecule has 1 aromatic heterocycles. The molecule has 114 valence electrons. The van der Waals surface area contributed by atoms with Crippen LogP contribution in [0.3, 0.4) is 0 Å². The van der Waals surface area contributed by atoms with Crippen molar-refractivity contribution in [3.63, 3.8) is 0 Å². The second-order valence-corrected chi connectivity index (χ2v) is 7.52. The first kappa shape index (κ1) is 16.1. The second kappa shape index (κ2) is 6.67. The molecule has 1 aliphatic rings. The number of hydrogen-bond donors (Lipinski definition) is 1. The van der Waals surface area contributed by atoms with Gasteiger partial charge in [0.25, 0.3) is 0 Å². The van der Waals surface area contributed by atoms with Crippen LogP contribution in [0.1, 0.15) is 18.2 Å². The van der Waals surface area contributed by atoms with Gasteiger partial charge < -0.3 is 4.90 Å². The van der Waals surface area contributed by atoms with Gasteiger partial charge in [-0.05, 0) is 34.5 Å². The van der Waals surface area contributed by atoms with Crippen molar-refractivity contribution in [2.45, 2.75) is 19.9 Å². The highest BCUT2D eigenvalue weighted by Crippen LogP contribution is 2.21. The molecule has 1 saturated heterocycles. The zero-order valence-corrected chi connectivity index (χ0v) is 14.3. The molecule has 0 saturated carbocycles. The number of hydrogen-bond acceptors (Lipinski definition) is 4. The Morgan fingerprint density at radius 3 is 2.43 bits per heavy atom. The monoisotopic (exact) mass is 374 g/mol. The van der Waals surface area contributed by atoms with Gasteiger partial charge in [-0.15, -0.1) is 11.3 Å². The number of nitrogens with one attached hydrogen (secondary N) is 1. The zero-order chi connectivity index (χ0) is 15.6. The average molecular weight is 375 g/mol. The van der Waals surface area contributed by atoms with Crippen LogP contribution in [0.5, 0.6) is 0 Å². The first-order valence-electron chi connectivity index (χ1n) is 6.66. The van der Waals surface area contributed by atoms with Crippen molar-refractivity contribution in [3.8, 4) is 0 Å². The summed E-state index contributed by atoms with van der Waals surface area (Å²) in [4.78, 5) is 39.9. The SMILES string of the molecule is CCCN1C(=O)C(=O)N(C[NH+](C)Cc2ccc(Br)s2)C1=O. The third-order valence-corrected chi connectivity index (χ3v) is 4.74. The highest BCUT2D eigenvalue weighted by Gasteiger charge is 2.45. The maximum atomic E-state index is 12.1. The van der Waals surface area contributed by atoms with E-state index in [2.05, 4.69) is 15.9 Å². The minimum Gasteiger partial charge on any atom is -0.315 e. The molecule has 0 radical (unpaired) electrons. The molecule has 0 spiro atoms. The van der Waals surface area contributed by atoms with E-state index in [1.54, 1.807) is 11.3 Å². The van der Waals surface area contributed by atoms with Crippen LogP contribution in [-0.4, -0.2) is 47.9 Å². The molecule has 2 rings (SSSR count). The molecule has 1 atom stereocenters. The van der Waals surface area contributed by atoms with Gasteiger partial charge in [-0.3, -0.25) is 14.5 Å². The van der Waals surface area contributed by atoms with E-state index in [0.29, 0.717) is 13.0 Å². The summed E-state index contributed by atoms with van der Waals surface area (Å²) in [6.07, 6.45) is 0.643. The molecule has 2 heterocycles. The quantitative estimate of drug-likeness (QED) is 0.588. The first-order valence-corrected chi connectivity index (χ1v) is 8.27. The third kappa shape index (κ3) is 3.50. The maximum absolute atomic E-state index is 12.1. The predicted molar refractivity (Wildman–Crippen MR) is 81.7 cm³/mol. The molecule has 8 heteroatoms. The minimum atomic E-state index is -0.722. The van der Waals surface area contributed by atoms with Gasteiger partial charge in [0.15, 0.2) is 6.67 Å². The van der Waals surface area contributed by atoms with Crippen LogP contribution in [0.2, 0.25) is 0 Å². The van der Waals surface area contributed by atoms with Crippen molar-refractivity contribution in [2.75, 3.05) is 20.3 Å². The second-order valence-electron chi connectivity index (χ2n) is 4.97. The molecule has 1 N–H and O–H groups in total. The van der Waals surface area contributed by atoms with Crippen LogP contribution >= 0.6 is 27.3 Å². The number of carbonyl (C=O) groups is 3. The van der Waals surface area contributed by atoms with Crippen LogP contribution in [0.4, 0.5) is 4.79 Å². The Morgan fingerprint density at radius 2 is 1.86 bits per heavy atom. The molecular formula is C13H17BrN3O3S+. The summed E-state index contributed by atoms with van der Waals surface area (Å²) in [5.41, 5.74) is 0. The van der Waals surface area contributed by atoms with Crippen LogP contribution in [-0.2, 0) is 16.1 Å². The van der Waals surface area contributed by atoms with Gasteiger partial charge in [-0.2, -0.15) is 0 Å². The molecule has 1 aromatic rings. The van der Waals surface area contributed by atoms with Gasteiger partial charge in [0.2, 0.25) is 0 Å². The van der Waals surface area contributed by atoms with Gasteiger partial charge >= 0.3 is 17.8 Å². The number of thiophene rings is 1. The summed E-state index contributed by atoms with van der Waals surface area (Å²) in [5, 5.41) is 0. The lowest BCUT2D eigenvalue weighted by atomic mass is 10.4. The molecular weight excluding hydrogens is 358 g/mol. The lowest BCUT2D eigenvalue weighted by Crippen LogP contribution is -3.09. The standard InChI is InChI=1S/C13H16BrN3O3S/c1-3-6-16-11(18)12(19)17(13(16)20)8-15(2)7-9-4-5-10(14)21-9/h4-5H,3,6-8H2,1-2H3/p+1. The molecule has 6 nitrogen and oxygen atoms in total. The lowest BCUT2D eigenvalue weighted by molar-refractivity contribution is -0.900. The Morgan fingerprint density at radius 1 is 1.19 bits per heavy atom. The fourth-order valence-electron chi connectivity index (χ4n) is 2.18. The van der Waals surface area contributed by atoms with E-state index in [9.17, 15) is 14.4 Å². The highest BCUT2D eigenvalue weighted by atomic mass is 79.9. The van der Waals surface area contributed by atoms with E-state index in [1.165, 1.54) is 0 Å². The van der Waals surface area contributed by atoms with E-state index in [0.717, 1.165) is 23.4 Å². The van der Waals surface area contributed by atoms with Gasteiger partial charge in [-0.1, -0.05) is 6.92 Å². The summed E-state index contributed by atoms with van der Waals surface area (Å²) in [6.45, 7) is 3.03. The topological polar surface area (TPSA) is 62.1 Å². The number of quaternary nitrogens is 1. The van der Waals surface area contributed by atoms with Crippen molar-refractivity contribution >= 4 is 45.1 Å². The number of nitrogens with zero attached hydrogens (tertiary/aromatic N) is 2. The van der Waals surface area contributed by atoms with E-state index in [1.807, 2.05) is 26.1 Å². The largest absolute Gasteiger partial charge is 0.338 e. The number of urea groups is 1. The number of rotatable bonds is 6. The third-order valence-electron chi connectivity index (χ3n) is 3.12. The smallest absolute Gasteiger partial charge is 0.315 e. The summed E-state index contributed by atoms with van der Waals surface area (Å²) in [5.74, 6) is -1.44. The van der Waals surface area contributed by atoms with Crippen LogP contribution in [0.25, 0.3) is 0 Å². The van der Waals surface area contributed by atoms with Crippen molar-refractivity contribution < 1.29 is 19.3 Å². The zero-order valence-electron chi connectivity index (χ0n) is 11.9. The number of carbonyl (C=O) groups excluding carboxylic acids is 3. The van der Waals surface area contributed by atoms with Gasteiger partial charge in [0, 0.05) is 6.54 Å². The summed E-state index contributed by atoms with van der Waals surface area (Å²) >= 11 is 5.02. The summed E-state index contributed by atoms with van der Waals surface area (Å²) in [6, 6.07) is 3.46.